The van der Waals surface area contributed by atoms with Crippen molar-refractivity contribution in [2.75, 3.05) is 36.9 Å². The minimum atomic E-state index is -0.349. The summed E-state index contributed by atoms with van der Waals surface area (Å²) in [6, 6.07) is 5.54. The second kappa shape index (κ2) is 6.28. The Bertz CT molecular complexity index is 582. The van der Waals surface area contributed by atoms with E-state index in [2.05, 4.69) is 5.32 Å². The molecule has 2 aliphatic heterocycles. The first-order valence-electron chi connectivity index (χ1n) is 8.15. The lowest BCUT2D eigenvalue weighted by molar-refractivity contribution is -0.120. The fourth-order valence-corrected chi connectivity index (χ4v) is 3.15. The van der Waals surface area contributed by atoms with Crippen LogP contribution in [0.15, 0.2) is 18.2 Å². The Morgan fingerprint density at radius 1 is 1.48 bits per heavy atom. The molecule has 23 heavy (non-hydrogen) atoms. The second-order valence-electron chi connectivity index (χ2n) is 6.88. The van der Waals surface area contributed by atoms with Gasteiger partial charge in [0, 0.05) is 18.8 Å². The molecule has 0 aromatic heterocycles. The first-order valence-corrected chi connectivity index (χ1v) is 8.15. The smallest absolute Gasteiger partial charge is 0.239 e. The van der Waals surface area contributed by atoms with Crippen LogP contribution in [-0.2, 0) is 9.53 Å². The number of anilines is 2. The quantitative estimate of drug-likeness (QED) is 0.823. The Morgan fingerprint density at radius 3 is 3.04 bits per heavy atom. The number of nitrogen functional groups attached to an aromatic ring is 1. The molecular formula is C17H25N3O3. The van der Waals surface area contributed by atoms with Crippen LogP contribution in [0.25, 0.3) is 0 Å². The number of amides is 1. The maximum absolute atomic E-state index is 12.3. The van der Waals surface area contributed by atoms with Gasteiger partial charge in [-0.1, -0.05) is 0 Å². The number of hydrogen-bond donors (Lipinski definition) is 2. The molecule has 6 nitrogen and oxygen atoms in total. The van der Waals surface area contributed by atoms with E-state index in [9.17, 15) is 4.79 Å². The van der Waals surface area contributed by atoms with Crippen molar-refractivity contribution in [3.05, 3.63) is 18.2 Å². The molecule has 2 heterocycles. The molecule has 3 rings (SSSR count). The molecule has 0 spiro atoms. The lowest BCUT2D eigenvalue weighted by Crippen LogP contribution is -2.50. The van der Waals surface area contributed by atoms with Crippen LogP contribution in [-0.4, -0.2) is 43.9 Å². The zero-order valence-electron chi connectivity index (χ0n) is 13.8. The van der Waals surface area contributed by atoms with Crippen LogP contribution >= 0.6 is 0 Å². The number of hydrogen-bond acceptors (Lipinski definition) is 5. The van der Waals surface area contributed by atoms with Crippen molar-refractivity contribution in [2.24, 2.45) is 0 Å². The summed E-state index contributed by atoms with van der Waals surface area (Å²) in [6.07, 6.45) is 2.25. The van der Waals surface area contributed by atoms with Crippen molar-refractivity contribution in [1.29, 1.82) is 0 Å². The molecule has 0 bridgehead atoms. The van der Waals surface area contributed by atoms with Crippen molar-refractivity contribution in [3.8, 4) is 5.75 Å². The summed E-state index contributed by atoms with van der Waals surface area (Å²) >= 11 is 0. The second-order valence-corrected chi connectivity index (χ2v) is 6.88. The molecule has 0 radical (unpaired) electrons. The molecule has 2 aliphatic rings. The maximum atomic E-state index is 12.3. The van der Waals surface area contributed by atoms with Gasteiger partial charge in [0.15, 0.2) is 0 Å². The number of nitrogens with two attached hydrogens (primary N) is 1. The van der Waals surface area contributed by atoms with Crippen LogP contribution < -0.4 is 20.7 Å². The maximum Gasteiger partial charge on any atom is 0.239 e. The normalized spacial score (nSPS) is 22.3. The number of fused-ring (bicyclic) bond motifs is 1. The molecule has 0 saturated carbocycles. The topological polar surface area (TPSA) is 76.8 Å². The summed E-state index contributed by atoms with van der Waals surface area (Å²) in [5, 5.41) is 2.97. The van der Waals surface area contributed by atoms with E-state index < -0.39 is 0 Å². The van der Waals surface area contributed by atoms with E-state index in [1.807, 2.05) is 36.9 Å². The zero-order valence-corrected chi connectivity index (χ0v) is 13.8. The molecule has 6 heteroatoms. The molecule has 126 valence electrons. The standard InChI is InChI=1S/C17H25N3O3/c1-17(2)11-20(14-8-12(18)5-6-15(14)23-17)10-16(21)19-9-13-4-3-7-22-13/h5-6,8,13H,3-4,7,9-11,18H2,1-2H3,(H,19,21). The highest BCUT2D eigenvalue weighted by Gasteiger charge is 2.32. The number of nitrogens with zero attached hydrogens (tertiary/aromatic N) is 1. The van der Waals surface area contributed by atoms with Crippen LogP contribution in [0.1, 0.15) is 26.7 Å². The third-order valence-electron chi connectivity index (χ3n) is 4.17. The highest BCUT2D eigenvalue weighted by atomic mass is 16.5. The highest BCUT2D eigenvalue weighted by molar-refractivity contribution is 5.83. The van der Waals surface area contributed by atoms with Gasteiger partial charge in [-0.2, -0.15) is 0 Å². The number of nitrogens with one attached hydrogen (secondary N) is 1. The van der Waals surface area contributed by atoms with E-state index in [-0.39, 0.29) is 24.2 Å². The van der Waals surface area contributed by atoms with E-state index in [1.165, 1.54) is 0 Å². The summed E-state index contributed by atoms with van der Waals surface area (Å²) in [5.74, 6) is 0.758. The Balaban J connectivity index is 1.66. The predicted molar refractivity (Wildman–Crippen MR) is 89.8 cm³/mol. The third kappa shape index (κ3) is 3.88. The largest absolute Gasteiger partial charge is 0.484 e. The minimum Gasteiger partial charge on any atom is -0.484 e. The molecule has 0 aliphatic carbocycles. The van der Waals surface area contributed by atoms with Crippen molar-refractivity contribution in [3.63, 3.8) is 0 Å². The van der Waals surface area contributed by atoms with E-state index in [0.717, 1.165) is 30.9 Å². The first-order chi connectivity index (χ1) is 10.9. The van der Waals surface area contributed by atoms with Crippen molar-refractivity contribution in [2.45, 2.75) is 38.4 Å². The van der Waals surface area contributed by atoms with Crippen LogP contribution in [0, 0.1) is 0 Å². The molecule has 3 N–H and O–H groups in total. The van der Waals surface area contributed by atoms with Gasteiger partial charge in [0.2, 0.25) is 5.91 Å². The SMILES string of the molecule is CC1(C)CN(CC(=O)NCC2CCCO2)c2cc(N)ccc2O1. The molecule has 1 saturated heterocycles. The average Bonchev–Trinajstić information content (AvgIpc) is 2.98. The number of rotatable bonds is 4. The molecule has 1 aromatic rings. The Morgan fingerprint density at radius 2 is 2.30 bits per heavy atom. The van der Waals surface area contributed by atoms with E-state index in [1.54, 1.807) is 0 Å². The van der Waals surface area contributed by atoms with Crippen molar-refractivity contribution >= 4 is 17.3 Å². The van der Waals surface area contributed by atoms with Crippen molar-refractivity contribution < 1.29 is 14.3 Å². The number of ether oxygens (including phenoxy) is 2. The lowest BCUT2D eigenvalue weighted by atomic mass is 10.0. The van der Waals surface area contributed by atoms with Crippen LogP contribution in [0.4, 0.5) is 11.4 Å². The molecular weight excluding hydrogens is 294 g/mol. The van der Waals surface area contributed by atoms with E-state index in [4.69, 9.17) is 15.2 Å². The zero-order chi connectivity index (χ0) is 16.4. The van der Waals surface area contributed by atoms with Gasteiger partial charge in [-0.05, 0) is 44.9 Å². The fraction of sp³-hybridized carbons (Fsp3) is 0.588. The lowest BCUT2D eigenvalue weighted by Gasteiger charge is -2.40. The minimum absolute atomic E-state index is 0.00780. The molecule has 1 unspecified atom stereocenters. The van der Waals surface area contributed by atoms with Gasteiger partial charge in [0.05, 0.1) is 24.9 Å². The monoisotopic (exact) mass is 319 g/mol. The van der Waals surface area contributed by atoms with Crippen LogP contribution in [0.2, 0.25) is 0 Å². The van der Waals surface area contributed by atoms with E-state index in [0.29, 0.717) is 18.8 Å². The first kappa shape index (κ1) is 15.9. The molecule has 1 aromatic carbocycles. The number of benzene rings is 1. The third-order valence-corrected chi connectivity index (χ3v) is 4.17. The van der Waals surface area contributed by atoms with Gasteiger partial charge in [-0.15, -0.1) is 0 Å². The summed E-state index contributed by atoms with van der Waals surface area (Å²) in [6.45, 7) is 6.33. The van der Waals surface area contributed by atoms with Gasteiger partial charge in [-0.25, -0.2) is 0 Å². The summed E-state index contributed by atoms with van der Waals surface area (Å²) in [5.41, 5.74) is 7.07. The summed E-state index contributed by atoms with van der Waals surface area (Å²) in [7, 11) is 0. The van der Waals surface area contributed by atoms with Gasteiger partial charge in [0.1, 0.15) is 11.4 Å². The van der Waals surface area contributed by atoms with E-state index >= 15 is 0 Å². The van der Waals surface area contributed by atoms with Gasteiger partial charge in [-0.3, -0.25) is 4.79 Å². The number of carbonyl (C=O) groups excluding carboxylic acids is 1. The molecule has 1 fully saturated rings. The highest BCUT2D eigenvalue weighted by Crippen LogP contribution is 2.37. The van der Waals surface area contributed by atoms with Gasteiger partial charge >= 0.3 is 0 Å². The summed E-state index contributed by atoms with van der Waals surface area (Å²) < 4.78 is 11.5. The van der Waals surface area contributed by atoms with Crippen LogP contribution in [0.3, 0.4) is 0 Å². The summed E-state index contributed by atoms with van der Waals surface area (Å²) in [4.78, 5) is 14.3. The predicted octanol–water partition coefficient (Wildman–Crippen LogP) is 1.54. The molecule has 1 amide bonds. The number of carbonyl (C=O) groups is 1. The Labute approximate surface area is 136 Å². The Kier molecular flexibility index (Phi) is 4.35. The molecule has 1 atom stereocenters. The van der Waals surface area contributed by atoms with Gasteiger partial charge in [0.25, 0.3) is 0 Å². The van der Waals surface area contributed by atoms with Gasteiger partial charge < -0.3 is 25.4 Å². The average molecular weight is 319 g/mol. The van der Waals surface area contributed by atoms with Crippen LogP contribution in [0.5, 0.6) is 5.75 Å². The fourth-order valence-electron chi connectivity index (χ4n) is 3.15. The van der Waals surface area contributed by atoms with Crippen molar-refractivity contribution in [1.82, 2.24) is 5.32 Å². The Hall–Kier alpha value is -1.95.